The Labute approximate surface area is 109 Å². The molecule has 0 unspecified atom stereocenters. The van der Waals surface area contributed by atoms with Crippen molar-refractivity contribution in [2.75, 3.05) is 18.4 Å². The summed E-state index contributed by atoms with van der Waals surface area (Å²) in [6, 6.07) is 7.43. The van der Waals surface area contributed by atoms with Gasteiger partial charge in [-0.05, 0) is 39.8 Å². The first-order chi connectivity index (χ1) is 8.31. The monoisotopic (exact) mass is 250 g/mol. The zero-order valence-corrected chi connectivity index (χ0v) is 11.5. The lowest BCUT2D eigenvalue weighted by atomic mass is 10.1. The summed E-state index contributed by atoms with van der Waals surface area (Å²) in [6.07, 6.45) is 0. The molecule has 0 aliphatic rings. The molecule has 0 heterocycles. The molecular formula is C14H22N2O2. The third-order valence-electron chi connectivity index (χ3n) is 2.55. The Hall–Kier alpha value is -1.55. The molecule has 1 rings (SSSR count). The molecule has 0 bridgehead atoms. The van der Waals surface area contributed by atoms with Crippen LogP contribution < -0.4 is 5.32 Å². The lowest BCUT2D eigenvalue weighted by Crippen LogP contribution is -2.44. The number of benzene rings is 1. The number of rotatable bonds is 4. The van der Waals surface area contributed by atoms with Crippen molar-refractivity contribution in [1.29, 1.82) is 0 Å². The number of carbonyl (C=O) groups excluding carboxylic acids is 1. The van der Waals surface area contributed by atoms with Crippen molar-refractivity contribution in [2.45, 2.75) is 33.3 Å². The van der Waals surface area contributed by atoms with E-state index in [0.717, 1.165) is 11.3 Å². The van der Waals surface area contributed by atoms with E-state index in [1.54, 1.807) is 18.7 Å². The van der Waals surface area contributed by atoms with Crippen molar-refractivity contribution in [3.63, 3.8) is 0 Å². The Morgan fingerprint density at radius 3 is 2.33 bits per heavy atom. The van der Waals surface area contributed by atoms with Gasteiger partial charge in [-0.25, -0.2) is 4.79 Å². The highest BCUT2D eigenvalue weighted by Gasteiger charge is 2.21. The summed E-state index contributed by atoms with van der Waals surface area (Å²) < 4.78 is 0. The average Bonchev–Trinajstić information content (AvgIpc) is 2.27. The number of likely N-dealkylation sites (N-methyl/N-ethyl adjacent to an activating group) is 1. The number of urea groups is 1. The predicted octanol–water partition coefficient (Wildman–Crippen LogP) is 2.62. The molecule has 18 heavy (non-hydrogen) atoms. The number of nitrogens with zero attached hydrogens (tertiary/aromatic N) is 1. The molecule has 0 aromatic heterocycles. The van der Waals surface area contributed by atoms with Crippen molar-refractivity contribution >= 4 is 11.7 Å². The van der Waals surface area contributed by atoms with Gasteiger partial charge in [-0.15, -0.1) is 0 Å². The van der Waals surface area contributed by atoms with Crippen LogP contribution in [0.25, 0.3) is 0 Å². The highest BCUT2D eigenvalue weighted by molar-refractivity contribution is 5.89. The molecule has 1 aromatic carbocycles. The zero-order chi connectivity index (χ0) is 13.8. The Morgan fingerprint density at radius 1 is 1.33 bits per heavy atom. The fourth-order valence-electron chi connectivity index (χ4n) is 1.63. The van der Waals surface area contributed by atoms with Crippen LogP contribution in [0.2, 0.25) is 0 Å². The molecule has 0 aliphatic heterocycles. The van der Waals surface area contributed by atoms with Gasteiger partial charge in [-0.2, -0.15) is 0 Å². The number of aryl methyl sites for hydroxylation is 1. The number of aliphatic hydroxyl groups is 1. The van der Waals surface area contributed by atoms with E-state index < -0.39 is 5.60 Å². The number of carbonyl (C=O) groups is 1. The molecule has 0 spiro atoms. The molecule has 0 saturated heterocycles. The Morgan fingerprint density at radius 2 is 1.89 bits per heavy atom. The minimum atomic E-state index is -0.888. The lowest BCUT2D eigenvalue weighted by Gasteiger charge is -2.28. The minimum absolute atomic E-state index is 0.191. The van der Waals surface area contributed by atoms with E-state index in [0.29, 0.717) is 13.1 Å². The molecule has 0 radical (unpaired) electrons. The molecule has 0 fully saturated rings. The molecule has 1 aromatic rings. The maximum Gasteiger partial charge on any atom is 0.321 e. The van der Waals surface area contributed by atoms with Gasteiger partial charge in [0.2, 0.25) is 0 Å². The second kappa shape index (κ2) is 5.87. The van der Waals surface area contributed by atoms with Crippen molar-refractivity contribution in [3.05, 3.63) is 29.8 Å². The summed E-state index contributed by atoms with van der Waals surface area (Å²) in [6.45, 7) is 8.13. The highest BCUT2D eigenvalue weighted by atomic mass is 16.3. The molecule has 2 amide bonds. The third-order valence-corrected chi connectivity index (χ3v) is 2.55. The summed E-state index contributed by atoms with van der Waals surface area (Å²) in [7, 11) is 0. The van der Waals surface area contributed by atoms with Crippen LogP contribution >= 0.6 is 0 Å². The first-order valence-corrected chi connectivity index (χ1v) is 6.17. The first-order valence-electron chi connectivity index (χ1n) is 6.17. The second-order valence-corrected chi connectivity index (χ2v) is 5.12. The number of nitrogens with one attached hydrogen (secondary N) is 1. The van der Waals surface area contributed by atoms with Gasteiger partial charge < -0.3 is 15.3 Å². The van der Waals surface area contributed by atoms with Crippen molar-refractivity contribution in [2.24, 2.45) is 0 Å². The number of amides is 2. The zero-order valence-electron chi connectivity index (χ0n) is 11.5. The summed E-state index contributed by atoms with van der Waals surface area (Å²) in [5.74, 6) is 0. The van der Waals surface area contributed by atoms with Gasteiger partial charge in [0.25, 0.3) is 0 Å². The Kier molecular flexibility index (Phi) is 4.73. The maximum atomic E-state index is 12.0. The van der Waals surface area contributed by atoms with E-state index in [-0.39, 0.29) is 6.03 Å². The van der Waals surface area contributed by atoms with Crippen LogP contribution in [0.4, 0.5) is 10.5 Å². The molecule has 2 N–H and O–H groups in total. The molecule has 100 valence electrons. The number of anilines is 1. The molecule has 4 nitrogen and oxygen atoms in total. The van der Waals surface area contributed by atoms with E-state index in [2.05, 4.69) is 5.32 Å². The average molecular weight is 250 g/mol. The summed E-state index contributed by atoms with van der Waals surface area (Å²) in [5.41, 5.74) is 1.03. The Balaban J connectivity index is 2.65. The van der Waals surface area contributed by atoms with Crippen LogP contribution in [0.1, 0.15) is 26.3 Å². The van der Waals surface area contributed by atoms with Gasteiger partial charge in [-0.1, -0.05) is 17.7 Å². The third kappa shape index (κ3) is 4.75. The van der Waals surface area contributed by atoms with Crippen LogP contribution in [0.5, 0.6) is 0 Å². The fraction of sp³-hybridized carbons (Fsp3) is 0.500. The predicted molar refractivity (Wildman–Crippen MR) is 73.7 cm³/mol. The van der Waals surface area contributed by atoms with Crippen LogP contribution in [0.3, 0.4) is 0 Å². The van der Waals surface area contributed by atoms with Gasteiger partial charge in [0, 0.05) is 12.2 Å². The highest BCUT2D eigenvalue weighted by Crippen LogP contribution is 2.11. The van der Waals surface area contributed by atoms with Crippen molar-refractivity contribution in [1.82, 2.24) is 4.90 Å². The smallest absolute Gasteiger partial charge is 0.321 e. The van der Waals surface area contributed by atoms with E-state index in [1.807, 2.05) is 38.1 Å². The van der Waals surface area contributed by atoms with E-state index in [1.165, 1.54) is 0 Å². The SMILES string of the molecule is CCN(CC(C)(C)O)C(=O)Nc1ccc(C)cc1. The molecular weight excluding hydrogens is 228 g/mol. The van der Waals surface area contributed by atoms with Gasteiger partial charge in [-0.3, -0.25) is 0 Å². The van der Waals surface area contributed by atoms with E-state index in [4.69, 9.17) is 0 Å². The van der Waals surface area contributed by atoms with E-state index in [9.17, 15) is 9.90 Å². The van der Waals surface area contributed by atoms with Crippen LogP contribution in [0.15, 0.2) is 24.3 Å². The minimum Gasteiger partial charge on any atom is -0.389 e. The number of hydrogen-bond donors (Lipinski definition) is 2. The van der Waals surface area contributed by atoms with Gasteiger partial charge in [0.05, 0.1) is 12.1 Å². The van der Waals surface area contributed by atoms with Crippen molar-refractivity contribution < 1.29 is 9.90 Å². The maximum absolute atomic E-state index is 12.0. The first kappa shape index (κ1) is 14.5. The topological polar surface area (TPSA) is 52.6 Å². The summed E-state index contributed by atoms with van der Waals surface area (Å²) >= 11 is 0. The molecule has 0 aliphatic carbocycles. The Bertz CT molecular complexity index is 393. The summed E-state index contributed by atoms with van der Waals surface area (Å²) in [5, 5.41) is 12.6. The quantitative estimate of drug-likeness (QED) is 0.863. The largest absolute Gasteiger partial charge is 0.389 e. The van der Waals surface area contributed by atoms with Crippen LogP contribution in [-0.4, -0.2) is 34.7 Å². The standard InChI is InChI=1S/C14H22N2O2/c1-5-16(10-14(3,4)18)13(17)15-12-8-6-11(2)7-9-12/h6-9,18H,5,10H2,1-4H3,(H,15,17). The normalized spacial score (nSPS) is 11.2. The van der Waals surface area contributed by atoms with Gasteiger partial charge in [0.1, 0.15) is 0 Å². The molecule has 0 atom stereocenters. The van der Waals surface area contributed by atoms with E-state index >= 15 is 0 Å². The van der Waals surface area contributed by atoms with Crippen molar-refractivity contribution in [3.8, 4) is 0 Å². The summed E-state index contributed by atoms with van der Waals surface area (Å²) in [4.78, 5) is 13.6. The fourth-order valence-corrected chi connectivity index (χ4v) is 1.63. The number of hydrogen-bond acceptors (Lipinski definition) is 2. The van der Waals surface area contributed by atoms with Gasteiger partial charge in [0.15, 0.2) is 0 Å². The van der Waals surface area contributed by atoms with Crippen LogP contribution in [0, 0.1) is 6.92 Å². The van der Waals surface area contributed by atoms with Gasteiger partial charge >= 0.3 is 6.03 Å². The second-order valence-electron chi connectivity index (χ2n) is 5.12. The molecule has 0 saturated carbocycles. The lowest BCUT2D eigenvalue weighted by molar-refractivity contribution is 0.0501. The van der Waals surface area contributed by atoms with Crippen LogP contribution in [-0.2, 0) is 0 Å². The molecule has 4 heteroatoms.